The Hall–Kier alpha value is -2.25. The highest BCUT2D eigenvalue weighted by Crippen LogP contribution is 2.12. The van der Waals surface area contributed by atoms with Crippen LogP contribution in [0.4, 0.5) is 10.6 Å². The number of piperidine rings is 1. The quantitative estimate of drug-likeness (QED) is 0.823. The van der Waals surface area contributed by atoms with Gasteiger partial charge in [0.25, 0.3) is 0 Å². The Kier molecular flexibility index (Phi) is 6.25. The number of likely N-dealkylation sites (tertiary alicyclic amines) is 1. The van der Waals surface area contributed by atoms with Gasteiger partial charge in [-0.2, -0.15) is 0 Å². The lowest BCUT2D eigenvalue weighted by Gasteiger charge is -2.31. The molecule has 1 aromatic rings. The van der Waals surface area contributed by atoms with Crippen LogP contribution in [0.3, 0.4) is 0 Å². The zero-order valence-electron chi connectivity index (χ0n) is 13.6. The molecule has 0 unspecified atom stereocenters. The van der Waals surface area contributed by atoms with Crippen molar-refractivity contribution < 1.29 is 18.8 Å². The molecule has 0 aromatic carbocycles. The fourth-order valence-electron chi connectivity index (χ4n) is 2.47. The number of ether oxygens (including phenoxy) is 1. The minimum absolute atomic E-state index is 0.00713. The number of carbonyl (C=O) groups is 2. The van der Waals surface area contributed by atoms with Gasteiger partial charge in [-0.1, -0.05) is 5.16 Å². The van der Waals surface area contributed by atoms with E-state index in [0.717, 1.165) is 18.6 Å². The predicted molar refractivity (Wildman–Crippen MR) is 84.1 cm³/mol. The number of anilines is 1. The molecule has 1 aliphatic rings. The van der Waals surface area contributed by atoms with Crippen molar-refractivity contribution in [3.8, 4) is 0 Å². The van der Waals surface area contributed by atoms with Gasteiger partial charge in [0.15, 0.2) is 5.82 Å². The standard InChI is InChI=1S/C15H24N4O4/c1-3-22-15(21)19-8-5-12(6-9-19)17-14(20)4-7-16-13-10-11(2)23-18-13/h10,12H,3-9H2,1-2H3,(H,16,18)(H,17,20). The van der Waals surface area contributed by atoms with Crippen molar-refractivity contribution in [1.29, 1.82) is 0 Å². The van der Waals surface area contributed by atoms with Crippen LogP contribution in [-0.4, -0.2) is 54.3 Å². The van der Waals surface area contributed by atoms with Gasteiger partial charge < -0.3 is 24.8 Å². The molecule has 0 saturated carbocycles. The number of rotatable bonds is 6. The number of carbonyl (C=O) groups excluding carboxylic acids is 2. The van der Waals surface area contributed by atoms with Crippen molar-refractivity contribution in [2.24, 2.45) is 0 Å². The van der Waals surface area contributed by atoms with E-state index >= 15 is 0 Å². The Morgan fingerprint density at radius 3 is 2.78 bits per heavy atom. The molecule has 0 atom stereocenters. The predicted octanol–water partition coefficient (Wildman–Crippen LogP) is 1.52. The summed E-state index contributed by atoms with van der Waals surface area (Å²) in [6.45, 7) is 5.71. The lowest BCUT2D eigenvalue weighted by Crippen LogP contribution is -2.46. The smallest absolute Gasteiger partial charge is 0.409 e. The minimum Gasteiger partial charge on any atom is -0.450 e. The molecule has 23 heavy (non-hydrogen) atoms. The van der Waals surface area contributed by atoms with Crippen LogP contribution >= 0.6 is 0 Å². The topological polar surface area (TPSA) is 96.7 Å². The first-order valence-corrected chi connectivity index (χ1v) is 7.96. The van der Waals surface area contributed by atoms with Crippen LogP contribution < -0.4 is 10.6 Å². The zero-order chi connectivity index (χ0) is 16.7. The van der Waals surface area contributed by atoms with E-state index in [1.807, 2.05) is 6.92 Å². The van der Waals surface area contributed by atoms with E-state index in [4.69, 9.17) is 9.26 Å². The van der Waals surface area contributed by atoms with Crippen molar-refractivity contribution in [1.82, 2.24) is 15.4 Å². The number of aromatic nitrogens is 1. The van der Waals surface area contributed by atoms with Crippen LogP contribution in [0.15, 0.2) is 10.6 Å². The number of nitrogens with one attached hydrogen (secondary N) is 2. The van der Waals surface area contributed by atoms with Gasteiger partial charge in [0, 0.05) is 38.2 Å². The van der Waals surface area contributed by atoms with Gasteiger partial charge in [-0.3, -0.25) is 4.79 Å². The van der Waals surface area contributed by atoms with E-state index < -0.39 is 0 Å². The first-order valence-electron chi connectivity index (χ1n) is 7.96. The summed E-state index contributed by atoms with van der Waals surface area (Å²) in [6.07, 6.45) is 1.59. The highest BCUT2D eigenvalue weighted by molar-refractivity contribution is 5.76. The third-order valence-corrected chi connectivity index (χ3v) is 3.67. The van der Waals surface area contributed by atoms with E-state index in [9.17, 15) is 9.59 Å². The average molecular weight is 324 g/mol. The molecule has 1 aromatic heterocycles. The number of nitrogens with zero attached hydrogens (tertiary/aromatic N) is 2. The number of hydrogen-bond donors (Lipinski definition) is 2. The molecule has 8 nitrogen and oxygen atoms in total. The molecule has 128 valence electrons. The summed E-state index contributed by atoms with van der Waals surface area (Å²) in [4.78, 5) is 25.2. The van der Waals surface area contributed by atoms with Crippen LogP contribution in [0.1, 0.15) is 31.9 Å². The van der Waals surface area contributed by atoms with Gasteiger partial charge in [0.2, 0.25) is 5.91 Å². The van der Waals surface area contributed by atoms with Gasteiger partial charge in [-0.25, -0.2) is 4.79 Å². The average Bonchev–Trinajstić information content (AvgIpc) is 2.93. The second kappa shape index (κ2) is 8.40. The van der Waals surface area contributed by atoms with E-state index in [-0.39, 0.29) is 18.0 Å². The maximum absolute atomic E-state index is 11.9. The maximum Gasteiger partial charge on any atom is 0.409 e. The summed E-state index contributed by atoms with van der Waals surface area (Å²) in [6, 6.07) is 1.89. The molecule has 2 amide bonds. The van der Waals surface area contributed by atoms with Gasteiger partial charge in [0.05, 0.1) is 6.61 Å². The summed E-state index contributed by atoms with van der Waals surface area (Å²) in [5, 5.41) is 9.84. The number of hydrogen-bond acceptors (Lipinski definition) is 6. The summed E-state index contributed by atoms with van der Waals surface area (Å²) < 4.78 is 9.91. The van der Waals surface area contributed by atoms with E-state index in [1.165, 1.54) is 0 Å². The second-order valence-electron chi connectivity index (χ2n) is 5.53. The molecular weight excluding hydrogens is 300 g/mol. The molecule has 1 fully saturated rings. The van der Waals surface area contributed by atoms with E-state index in [1.54, 1.807) is 17.9 Å². The highest BCUT2D eigenvalue weighted by atomic mass is 16.6. The van der Waals surface area contributed by atoms with Crippen LogP contribution in [0.2, 0.25) is 0 Å². The normalized spacial score (nSPS) is 15.3. The zero-order valence-corrected chi connectivity index (χ0v) is 13.6. The summed E-state index contributed by atoms with van der Waals surface area (Å²) in [7, 11) is 0. The highest BCUT2D eigenvalue weighted by Gasteiger charge is 2.24. The molecule has 8 heteroatoms. The van der Waals surface area contributed by atoms with Crippen molar-refractivity contribution in [3.05, 3.63) is 11.8 Å². The summed E-state index contributed by atoms with van der Waals surface area (Å²) >= 11 is 0. The molecule has 1 saturated heterocycles. The molecule has 0 bridgehead atoms. The monoisotopic (exact) mass is 324 g/mol. The van der Waals surface area contributed by atoms with Crippen LogP contribution in [0.5, 0.6) is 0 Å². The molecule has 2 rings (SSSR count). The Balaban J connectivity index is 1.62. The fourth-order valence-corrected chi connectivity index (χ4v) is 2.47. The van der Waals surface area contributed by atoms with Crippen molar-refractivity contribution >= 4 is 17.8 Å². The van der Waals surface area contributed by atoms with Crippen LogP contribution in [0, 0.1) is 6.92 Å². The summed E-state index contributed by atoms with van der Waals surface area (Å²) in [5.41, 5.74) is 0. The molecule has 0 radical (unpaired) electrons. The minimum atomic E-state index is -0.274. The van der Waals surface area contributed by atoms with Gasteiger partial charge in [-0.05, 0) is 26.7 Å². The summed E-state index contributed by atoms with van der Waals surface area (Å²) in [5.74, 6) is 1.36. The Morgan fingerprint density at radius 1 is 1.43 bits per heavy atom. The molecular formula is C15H24N4O4. The third kappa shape index (κ3) is 5.46. The Morgan fingerprint density at radius 2 is 2.17 bits per heavy atom. The molecule has 0 aliphatic carbocycles. The fraction of sp³-hybridized carbons (Fsp3) is 0.667. The van der Waals surface area contributed by atoms with E-state index in [0.29, 0.717) is 38.5 Å². The Labute approximate surface area is 135 Å². The first-order chi connectivity index (χ1) is 11.1. The lowest BCUT2D eigenvalue weighted by molar-refractivity contribution is -0.121. The molecule has 1 aliphatic heterocycles. The molecule has 0 spiro atoms. The van der Waals surface area contributed by atoms with Gasteiger partial charge >= 0.3 is 6.09 Å². The van der Waals surface area contributed by atoms with Crippen molar-refractivity contribution in [2.45, 2.75) is 39.2 Å². The first kappa shape index (κ1) is 17.1. The lowest BCUT2D eigenvalue weighted by atomic mass is 10.1. The van der Waals surface area contributed by atoms with E-state index in [2.05, 4.69) is 15.8 Å². The van der Waals surface area contributed by atoms with Crippen molar-refractivity contribution in [3.63, 3.8) is 0 Å². The largest absolute Gasteiger partial charge is 0.450 e. The molecule has 2 N–H and O–H groups in total. The second-order valence-corrected chi connectivity index (χ2v) is 5.53. The molecule has 2 heterocycles. The SMILES string of the molecule is CCOC(=O)N1CCC(NC(=O)CCNc2cc(C)on2)CC1. The van der Waals surface area contributed by atoms with Crippen molar-refractivity contribution in [2.75, 3.05) is 31.6 Å². The third-order valence-electron chi connectivity index (χ3n) is 3.67. The van der Waals surface area contributed by atoms with Crippen LogP contribution in [0.25, 0.3) is 0 Å². The number of aryl methyl sites for hydroxylation is 1. The maximum atomic E-state index is 11.9. The van der Waals surface area contributed by atoms with Gasteiger partial charge in [0.1, 0.15) is 5.76 Å². The Bertz CT molecular complexity index is 523. The van der Waals surface area contributed by atoms with Gasteiger partial charge in [-0.15, -0.1) is 0 Å². The van der Waals surface area contributed by atoms with Crippen LogP contribution in [-0.2, 0) is 9.53 Å². The number of amides is 2.